The molecule has 0 spiro atoms. The van der Waals surface area contributed by atoms with Crippen molar-refractivity contribution in [2.45, 2.75) is 33.1 Å². The Bertz CT molecular complexity index is 280. The Balaban J connectivity index is 2.35. The van der Waals surface area contributed by atoms with Gasteiger partial charge < -0.3 is 0 Å². The summed E-state index contributed by atoms with van der Waals surface area (Å²) >= 11 is 5.28. The Hall–Kier alpha value is -0.240. The van der Waals surface area contributed by atoms with Gasteiger partial charge >= 0.3 is 0 Å². The molecule has 2 rings (SSSR count). The molecule has 0 nitrogen and oxygen atoms in total. The van der Waals surface area contributed by atoms with Gasteiger partial charge in [-0.15, -0.1) is 0 Å². The van der Waals surface area contributed by atoms with E-state index in [2.05, 4.69) is 6.92 Å². The van der Waals surface area contributed by atoms with Crippen LogP contribution < -0.4 is 0 Å². The zero-order valence-corrected chi connectivity index (χ0v) is 8.96. The fourth-order valence-electron chi connectivity index (χ4n) is 2.84. The second-order valence-electron chi connectivity index (χ2n) is 4.42. The molecule has 2 aliphatic rings. The molecule has 0 radical (unpaired) electrons. The summed E-state index contributed by atoms with van der Waals surface area (Å²) in [4.78, 5) is 0.957. The van der Waals surface area contributed by atoms with Crippen LogP contribution in [0.15, 0.2) is 11.4 Å². The summed E-state index contributed by atoms with van der Waals surface area (Å²) in [5.41, 5.74) is 0.975. The molecule has 0 unspecified atom stereocenters. The molecule has 0 aliphatic heterocycles. The molecule has 0 bridgehead atoms. The maximum absolute atomic E-state index is 13.4. The maximum Gasteiger partial charge on any atom is 0.104 e. The number of fused-ring (bicyclic) bond motifs is 1. The van der Waals surface area contributed by atoms with Crippen LogP contribution in [-0.2, 0) is 0 Å². The largest absolute Gasteiger partial charge is 0.211 e. The molecule has 0 N–H and O–H groups in total. The van der Waals surface area contributed by atoms with E-state index in [-0.39, 0.29) is 5.83 Å². The highest BCUT2D eigenvalue weighted by Gasteiger charge is 2.40. The SMILES string of the molecule is CC1=C(F)CC(=S)[C@H]2[C@@H]1CC[C@@H]2C. The lowest BCUT2D eigenvalue weighted by Gasteiger charge is -2.29. The van der Waals surface area contributed by atoms with Crippen molar-refractivity contribution in [3.8, 4) is 0 Å². The quantitative estimate of drug-likeness (QED) is 0.535. The zero-order chi connectivity index (χ0) is 9.59. The summed E-state index contributed by atoms with van der Waals surface area (Å²) in [6, 6.07) is 0. The van der Waals surface area contributed by atoms with Gasteiger partial charge in [0.2, 0.25) is 0 Å². The first-order valence-corrected chi connectivity index (χ1v) is 5.40. The van der Waals surface area contributed by atoms with Gasteiger partial charge in [-0.25, -0.2) is 4.39 Å². The molecule has 1 fully saturated rings. The van der Waals surface area contributed by atoms with Crippen LogP contribution in [0.1, 0.15) is 33.1 Å². The Kier molecular flexibility index (Phi) is 2.26. The maximum atomic E-state index is 13.4. The van der Waals surface area contributed by atoms with Gasteiger partial charge in [-0.05, 0) is 43.1 Å². The van der Waals surface area contributed by atoms with Crippen LogP contribution in [0, 0.1) is 17.8 Å². The van der Waals surface area contributed by atoms with Crippen molar-refractivity contribution in [2.24, 2.45) is 17.8 Å². The van der Waals surface area contributed by atoms with Crippen LogP contribution in [0.3, 0.4) is 0 Å². The van der Waals surface area contributed by atoms with Crippen molar-refractivity contribution in [3.05, 3.63) is 11.4 Å². The standard InChI is InChI=1S/C11H15FS/c1-6-3-4-8-7(2)9(12)5-10(13)11(6)8/h6,8,11H,3-5H2,1-2H3/t6-,8+,11+/m0/s1. The zero-order valence-electron chi connectivity index (χ0n) is 8.14. The monoisotopic (exact) mass is 198 g/mol. The van der Waals surface area contributed by atoms with Gasteiger partial charge in [0.15, 0.2) is 0 Å². The van der Waals surface area contributed by atoms with Crippen LogP contribution in [-0.4, -0.2) is 4.86 Å². The van der Waals surface area contributed by atoms with Crippen molar-refractivity contribution >= 4 is 17.1 Å². The summed E-state index contributed by atoms with van der Waals surface area (Å²) in [6.45, 7) is 4.18. The third kappa shape index (κ3) is 1.35. The van der Waals surface area contributed by atoms with Crippen molar-refractivity contribution < 1.29 is 4.39 Å². The van der Waals surface area contributed by atoms with Crippen molar-refractivity contribution in [2.75, 3.05) is 0 Å². The lowest BCUT2D eigenvalue weighted by Crippen LogP contribution is -2.27. The Morgan fingerprint density at radius 3 is 2.77 bits per heavy atom. The van der Waals surface area contributed by atoms with Crippen molar-refractivity contribution in [3.63, 3.8) is 0 Å². The average molecular weight is 198 g/mol. The van der Waals surface area contributed by atoms with Crippen LogP contribution in [0.2, 0.25) is 0 Å². The molecular weight excluding hydrogens is 183 g/mol. The summed E-state index contributed by atoms with van der Waals surface area (Å²) < 4.78 is 13.4. The molecule has 1 saturated carbocycles. The normalized spacial score (nSPS) is 39.6. The summed E-state index contributed by atoms with van der Waals surface area (Å²) in [6.07, 6.45) is 2.76. The highest BCUT2D eigenvalue weighted by atomic mass is 32.1. The summed E-state index contributed by atoms with van der Waals surface area (Å²) in [5.74, 6) is 1.63. The van der Waals surface area contributed by atoms with Gasteiger partial charge in [-0.2, -0.15) is 0 Å². The molecule has 0 saturated heterocycles. The second kappa shape index (κ2) is 3.16. The predicted octanol–water partition coefficient (Wildman–Crippen LogP) is 3.67. The van der Waals surface area contributed by atoms with Crippen LogP contribution in [0.5, 0.6) is 0 Å². The Labute approximate surface area is 84.2 Å². The number of allylic oxidation sites excluding steroid dienone is 2. The molecule has 0 aromatic heterocycles. The fourth-order valence-corrected chi connectivity index (χ4v) is 3.36. The molecule has 2 heteroatoms. The Morgan fingerprint density at radius 2 is 2.08 bits per heavy atom. The fraction of sp³-hybridized carbons (Fsp3) is 0.727. The smallest absolute Gasteiger partial charge is 0.104 e. The molecule has 0 amide bonds. The molecule has 3 atom stereocenters. The molecule has 72 valence electrons. The van der Waals surface area contributed by atoms with E-state index < -0.39 is 0 Å². The van der Waals surface area contributed by atoms with E-state index in [1.165, 1.54) is 6.42 Å². The van der Waals surface area contributed by atoms with Crippen LogP contribution in [0.4, 0.5) is 4.39 Å². The molecule has 0 aromatic carbocycles. The lowest BCUT2D eigenvalue weighted by molar-refractivity contribution is 0.434. The van der Waals surface area contributed by atoms with Gasteiger partial charge in [-0.3, -0.25) is 0 Å². The topological polar surface area (TPSA) is 0 Å². The van der Waals surface area contributed by atoms with Gasteiger partial charge in [0.1, 0.15) is 5.83 Å². The van der Waals surface area contributed by atoms with Gasteiger partial charge in [-0.1, -0.05) is 19.1 Å². The number of thiocarbonyl (C=S) groups is 1. The van der Waals surface area contributed by atoms with E-state index in [0.717, 1.165) is 16.9 Å². The summed E-state index contributed by atoms with van der Waals surface area (Å²) in [5, 5.41) is 0. The van der Waals surface area contributed by atoms with E-state index in [4.69, 9.17) is 12.2 Å². The van der Waals surface area contributed by atoms with Gasteiger partial charge in [0, 0.05) is 11.3 Å². The summed E-state index contributed by atoms with van der Waals surface area (Å²) in [7, 11) is 0. The highest BCUT2D eigenvalue weighted by molar-refractivity contribution is 7.80. The predicted molar refractivity (Wildman–Crippen MR) is 56.4 cm³/mol. The van der Waals surface area contributed by atoms with Gasteiger partial charge in [0.25, 0.3) is 0 Å². The van der Waals surface area contributed by atoms with Crippen molar-refractivity contribution in [1.82, 2.24) is 0 Å². The van der Waals surface area contributed by atoms with E-state index in [1.807, 2.05) is 6.92 Å². The van der Waals surface area contributed by atoms with Crippen LogP contribution >= 0.6 is 12.2 Å². The first-order chi connectivity index (χ1) is 6.11. The minimum atomic E-state index is 0.0420. The molecule has 13 heavy (non-hydrogen) atoms. The second-order valence-corrected chi connectivity index (χ2v) is 4.94. The first-order valence-electron chi connectivity index (χ1n) is 4.99. The average Bonchev–Trinajstić information content (AvgIpc) is 2.44. The molecule has 2 aliphatic carbocycles. The third-order valence-corrected chi connectivity index (χ3v) is 4.08. The first kappa shape index (κ1) is 9.32. The lowest BCUT2D eigenvalue weighted by atomic mass is 9.78. The third-order valence-electron chi connectivity index (χ3n) is 3.66. The number of rotatable bonds is 0. The molecule has 0 heterocycles. The number of hydrogen-bond donors (Lipinski definition) is 0. The highest BCUT2D eigenvalue weighted by Crippen LogP contribution is 2.47. The Morgan fingerprint density at radius 1 is 1.38 bits per heavy atom. The van der Waals surface area contributed by atoms with E-state index in [1.54, 1.807) is 0 Å². The number of hydrogen-bond acceptors (Lipinski definition) is 1. The van der Waals surface area contributed by atoms with Gasteiger partial charge in [0.05, 0.1) is 0 Å². The minimum absolute atomic E-state index is 0.0420. The molecular formula is C11H15FS. The number of halogens is 1. The van der Waals surface area contributed by atoms with Crippen molar-refractivity contribution in [1.29, 1.82) is 0 Å². The van der Waals surface area contributed by atoms with E-state index >= 15 is 0 Å². The van der Waals surface area contributed by atoms with Crippen LogP contribution in [0.25, 0.3) is 0 Å². The molecule has 0 aromatic rings. The van der Waals surface area contributed by atoms with E-state index in [0.29, 0.717) is 24.2 Å². The van der Waals surface area contributed by atoms with E-state index in [9.17, 15) is 4.39 Å². The minimum Gasteiger partial charge on any atom is -0.211 e.